The monoisotopic (exact) mass is 306 g/mol. The van der Waals surface area contributed by atoms with Crippen molar-refractivity contribution in [2.75, 3.05) is 6.61 Å². The number of hydrogen-bond acceptors (Lipinski definition) is 7. The van der Waals surface area contributed by atoms with E-state index in [1.807, 2.05) is 0 Å². The average molecular weight is 306 g/mol. The van der Waals surface area contributed by atoms with Crippen LogP contribution in [0.2, 0.25) is 0 Å². The molecular formula is C13H8NO6S-. The Morgan fingerprint density at radius 2 is 2.05 bits per heavy atom. The molecule has 0 spiro atoms. The van der Waals surface area contributed by atoms with E-state index < -0.39 is 40.3 Å². The maximum Gasteiger partial charge on any atom is 0.338 e. The lowest BCUT2D eigenvalue weighted by Gasteiger charge is -2.11. The van der Waals surface area contributed by atoms with Gasteiger partial charge in [0.1, 0.15) is 0 Å². The van der Waals surface area contributed by atoms with Crippen molar-refractivity contribution in [1.82, 2.24) is 0 Å². The Balaban J connectivity index is 2.08. The van der Waals surface area contributed by atoms with Gasteiger partial charge in [-0.1, -0.05) is 17.9 Å². The summed E-state index contributed by atoms with van der Waals surface area (Å²) in [6.45, 7) is -0.526. The number of Topliss-reactive ketones (excluding diaryl/α,β-unsaturated/α-hetero) is 1. The number of rotatable bonds is 5. The number of nitro groups is 1. The molecule has 0 amide bonds. The van der Waals surface area contributed by atoms with E-state index in [-0.39, 0.29) is 0 Å². The Labute approximate surface area is 122 Å². The van der Waals surface area contributed by atoms with Gasteiger partial charge in [0.25, 0.3) is 5.69 Å². The van der Waals surface area contributed by atoms with Crippen LogP contribution in [0.4, 0.5) is 5.69 Å². The highest BCUT2D eigenvalue weighted by molar-refractivity contribution is 7.12. The second-order valence-corrected chi connectivity index (χ2v) is 4.86. The van der Waals surface area contributed by atoms with Gasteiger partial charge in [-0.25, -0.2) is 4.79 Å². The van der Waals surface area contributed by atoms with Gasteiger partial charge in [-0.2, -0.15) is 0 Å². The largest absolute Gasteiger partial charge is 0.872 e. The predicted octanol–water partition coefficient (Wildman–Crippen LogP) is 1.77. The molecule has 0 saturated heterocycles. The van der Waals surface area contributed by atoms with E-state index >= 15 is 0 Å². The van der Waals surface area contributed by atoms with Crippen LogP contribution in [0.25, 0.3) is 0 Å². The molecule has 0 N–H and O–H groups in total. The lowest BCUT2D eigenvalue weighted by Crippen LogP contribution is -2.15. The molecule has 2 rings (SSSR count). The Morgan fingerprint density at radius 3 is 2.67 bits per heavy atom. The second-order valence-electron chi connectivity index (χ2n) is 3.91. The Morgan fingerprint density at radius 1 is 1.29 bits per heavy atom. The Kier molecular flexibility index (Phi) is 4.29. The summed E-state index contributed by atoms with van der Waals surface area (Å²) >= 11 is 1.20. The van der Waals surface area contributed by atoms with Gasteiger partial charge in [-0.05, 0) is 11.4 Å². The number of hydrogen-bond donors (Lipinski definition) is 0. The Bertz CT molecular complexity index is 695. The molecule has 0 atom stereocenters. The number of benzene rings is 1. The maximum absolute atomic E-state index is 11.7. The SMILES string of the molecule is O=C(COC(=O)c1cc([N+](=O)[O-])ccc1[O-])c1cccs1. The Hall–Kier alpha value is -2.74. The smallest absolute Gasteiger partial charge is 0.338 e. The van der Waals surface area contributed by atoms with Crippen LogP contribution in [-0.4, -0.2) is 23.3 Å². The molecule has 0 saturated carbocycles. The number of esters is 1. The van der Waals surface area contributed by atoms with Crippen LogP contribution in [0.5, 0.6) is 5.75 Å². The van der Waals surface area contributed by atoms with Crippen molar-refractivity contribution in [3.05, 3.63) is 56.3 Å². The number of non-ortho nitro benzene ring substituents is 1. The average Bonchev–Trinajstić information content (AvgIpc) is 2.98. The number of carbonyl (C=O) groups is 2. The van der Waals surface area contributed by atoms with E-state index in [0.29, 0.717) is 4.88 Å². The molecule has 1 heterocycles. The molecule has 0 aliphatic carbocycles. The molecule has 0 aliphatic heterocycles. The quantitative estimate of drug-likeness (QED) is 0.360. The summed E-state index contributed by atoms with van der Waals surface area (Å²) in [6.07, 6.45) is 0. The summed E-state index contributed by atoms with van der Waals surface area (Å²) < 4.78 is 4.72. The molecule has 21 heavy (non-hydrogen) atoms. The minimum absolute atomic E-state index is 0.397. The normalized spacial score (nSPS) is 10.1. The highest BCUT2D eigenvalue weighted by atomic mass is 32.1. The van der Waals surface area contributed by atoms with Gasteiger partial charge in [-0.15, -0.1) is 11.3 Å². The molecule has 0 bridgehead atoms. The molecule has 1 aromatic carbocycles. The number of thiophene rings is 1. The minimum Gasteiger partial charge on any atom is -0.872 e. The third-order valence-corrected chi connectivity index (χ3v) is 3.44. The van der Waals surface area contributed by atoms with Crippen LogP contribution in [0.15, 0.2) is 35.7 Å². The van der Waals surface area contributed by atoms with Crippen molar-refractivity contribution in [3.8, 4) is 5.75 Å². The molecule has 0 radical (unpaired) electrons. The van der Waals surface area contributed by atoms with Gasteiger partial charge in [0, 0.05) is 12.1 Å². The van der Waals surface area contributed by atoms with E-state index in [1.54, 1.807) is 17.5 Å². The third-order valence-electron chi connectivity index (χ3n) is 2.52. The van der Waals surface area contributed by atoms with Crippen molar-refractivity contribution >= 4 is 28.8 Å². The fourth-order valence-electron chi connectivity index (χ4n) is 1.51. The lowest BCUT2D eigenvalue weighted by atomic mass is 10.2. The molecule has 7 nitrogen and oxygen atoms in total. The second kappa shape index (κ2) is 6.14. The zero-order valence-electron chi connectivity index (χ0n) is 10.5. The first-order valence-corrected chi connectivity index (χ1v) is 6.56. The minimum atomic E-state index is -1.06. The molecule has 8 heteroatoms. The van der Waals surface area contributed by atoms with Gasteiger partial charge >= 0.3 is 5.97 Å². The first kappa shape index (κ1) is 14.7. The zero-order valence-corrected chi connectivity index (χ0v) is 11.3. The summed E-state index contributed by atoms with van der Waals surface area (Å²) in [7, 11) is 0. The fraction of sp³-hybridized carbons (Fsp3) is 0.0769. The molecule has 0 aliphatic rings. The van der Waals surface area contributed by atoms with Crippen molar-refractivity contribution in [2.24, 2.45) is 0 Å². The van der Waals surface area contributed by atoms with Crippen LogP contribution >= 0.6 is 11.3 Å². The topological polar surface area (TPSA) is 110 Å². The van der Waals surface area contributed by atoms with E-state index in [2.05, 4.69) is 0 Å². The molecular weight excluding hydrogens is 298 g/mol. The zero-order chi connectivity index (χ0) is 15.4. The standard InChI is InChI=1S/C13H9NO6S/c15-10-4-3-8(14(18)19)6-9(10)13(17)20-7-11(16)12-2-1-5-21-12/h1-6,15H,7H2/p-1. The highest BCUT2D eigenvalue weighted by Crippen LogP contribution is 2.21. The molecule has 108 valence electrons. The predicted molar refractivity (Wildman–Crippen MR) is 71.5 cm³/mol. The van der Waals surface area contributed by atoms with Crippen molar-refractivity contribution in [3.63, 3.8) is 0 Å². The maximum atomic E-state index is 11.7. The highest BCUT2D eigenvalue weighted by Gasteiger charge is 2.16. The first-order valence-electron chi connectivity index (χ1n) is 5.68. The summed E-state index contributed by atoms with van der Waals surface area (Å²) in [5, 5.41) is 23.8. The molecule has 0 fully saturated rings. The fourth-order valence-corrected chi connectivity index (χ4v) is 2.16. The summed E-state index contributed by atoms with van der Waals surface area (Å²) in [5.74, 6) is -2.17. The number of carbonyl (C=O) groups excluding carboxylic acids is 2. The van der Waals surface area contributed by atoms with Crippen LogP contribution in [-0.2, 0) is 4.74 Å². The van der Waals surface area contributed by atoms with Crippen LogP contribution in [0.3, 0.4) is 0 Å². The van der Waals surface area contributed by atoms with Crippen LogP contribution in [0.1, 0.15) is 20.0 Å². The summed E-state index contributed by atoms with van der Waals surface area (Å²) in [6, 6.07) is 6.00. The summed E-state index contributed by atoms with van der Waals surface area (Å²) in [5.41, 5.74) is -0.866. The van der Waals surface area contributed by atoms with Crippen LogP contribution in [0, 0.1) is 10.1 Å². The van der Waals surface area contributed by atoms with Gasteiger partial charge in [0.2, 0.25) is 5.78 Å². The number of nitrogens with zero attached hydrogens (tertiary/aromatic N) is 1. The molecule has 2 aromatic rings. The van der Waals surface area contributed by atoms with Gasteiger partial charge < -0.3 is 9.84 Å². The van der Waals surface area contributed by atoms with Crippen molar-refractivity contribution in [2.45, 2.75) is 0 Å². The van der Waals surface area contributed by atoms with Gasteiger partial charge in [0.15, 0.2) is 6.61 Å². The third kappa shape index (κ3) is 3.42. The van der Waals surface area contributed by atoms with E-state index in [0.717, 1.165) is 18.2 Å². The van der Waals surface area contributed by atoms with Crippen LogP contribution < -0.4 is 5.11 Å². The first-order chi connectivity index (χ1) is 9.99. The summed E-state index contributed by atoms with van der Waals surface area (Å²) in [4.78, 5) is 33.7. The molecule has 1 aromatic heterocycles. The van der Waals surface area contributed by atoms with E-state index in [9.17, 15) is 24.8 Å². The van der Waals surface area contributed by atoms with Gasteiger partial charge in [0.05, 0.1) is 15.4 Å². The van der Waals surface area contributed by atoms with E-state index in [4.69, 9.17) is 4.74 Å². The van der Waals surface area contributed by atoms with Gasteiger partial charge in [-0.3, -0.25) is 14.9 Å². The number of nitro benzene ring substituents is 1. The van der Waals surface area contributed by atoms with Crippen molar-refractivity contribution in [1.29, 1.82) is 0 Å². The number of ketones is 1. The van der Waals surface area contributed by atoms with E-state index in [1.165, 1.54) is 11.3 Å². The van der Waals surface area contributed by atoms with Crippen molar-refractivity contribution < 1.29 is 24.4 Å². The lowest BCUT2D eigenvalue weighted by molar-refractivity contribution is -0.385. The number of ether oxygens (including phenoxy) is 1. The molecule has 0 unspecified atom stereocenters.